The molecule has 152 valence electrons. The molecule has 0 aliphatic rings. The van der Waals surface area contributed by atoms with Gasteiger partial charge in [-0.05, 0) is 18.2 Å². The fourth-order valence-electron chi connectivity index (χ4n) is 2.97. The van der Waals surface area contributed by atoms with Crippen LogP contribution in [0.15, 0.2) is 42.5 Å². The molecule has 2 aromatic carbocycles. The summed E-state index contributed by atoms with van der Waals surface area (Å²) in [5, 5.41) is 11.7. The minimum Gasteiger partial charge on any atom is -0.494 e. The Labute approximate surface area is 172 Å². The van der Waals surface area contributed by atoms with Crippen LogP contribution in [0.25, 0.3) is 10.2 Å². The number of nitrogens with zero attached hydrogens (tertiary/aromatic N) is 3. The van der Waals surface area contributed by atoms with Gasteiger partial charge in [0.15, 0.2) is 5.13 Å². The monoisotopic (exact) mass is 415 g/mol. The quantitative estimate of drug-likeness (QED) is 0.451. The molecule has 8 nitrogen and oxygen atoms in total. The molecule has 1 N–H and O–H groups in total. The Morgan fingerprint density at radius 3 is 2.72 bits per heavy atom. The van der Waals surface area contributed by atoms with E-state index in [0.717, 1.165) is 17.7 Å². The summed E-state index contributed by atoms with van der Waals surface area (Å²) in [7, 11) is 5.68. The van der Waals surface area contributed by atoms with Gasteiger partial charge >= 0.3 is 0 Å². The summed E-state index contributed by atoms with van der Waals surface area (Å²) in [6, 6.07) is 11.4. The number of quaternary nitrogens is 1. The lowest BCUT2D eigenvalue weighted by atomic mass is 10.1. The number of thiazole rings is 1. The molecule has 0 aliphatic heterocycles. The summed E-state index contributed by atoms with van der Waals surface area (Å²) in [6.07, 6.45) is 0.774. The maximum absolute atomic E-state index is 13.3. The molecular formula is C20H23N4O4S+. The van der Waals surface area contributed by atoms with Gasteiger partial charge in [0.1, 0.15) is 11.3 Å². The Kier molecular flexibility index (Phi) is 6.40. The van der Waals surface area contributed by atoms with E-state index in [9.17, 15) is 14.9 Å². The standard InChI is InChI=1S/C20H22N4O4S/c1-22(2)11-6-12-23(19(25)14-7-4-8-15(13-14)24(26)27)20-21-18-16(28-3)9-5-10-17(18)29-20/h4-5,7-10,13H,6,11-12H2,1-3H3/p+1. The van der Waals surface area contributed by atoms with Crippen LogP contribution in [0.5, 0.6) is 5.75 Å². The van der Waals surface area contributed by atoms with Crippen LogP contribution in [-0.4, -0.2) is 50.1 Å². The maximum atomic E-state index is 13.3. The smallest absolute Gasteiger partial charge is 0.270 e. The normalized spacial score (nSPS) is 11.0. The van der Waals surface area contributed by atoms with E-state index in [1.165, 1.54) is 34.4 Å². The molecule has 0 aliphatic carbocycles. The number of fused-ring (bicyclic) bond motifs is 1. The Hall–Kier alpha value is -3.04. The van der Waals surface area contributed by atoms with Crippen molar-refractivity contribution in [2.75, 3.05) is 39.2 Å². The second-order valence-corrected chi connectivity index (χ2v) is 7.89. The van der Waals surface area contributed by atoms with Gasteiger partial charge in [0.2, 0.25) is 0 Å². The minimum absolute atomic E-state index is 0.112. The third-order valence-corrected chi connectivity index (χ3v) is 5.47. The van der Waals surface area contributed by atoms with Gasteiger partial charge in [-0.1, -0.05) is 23.5 Å². The molecule has 0 saturated carbocycles. The number of methoxy groups -OCH3 is 1. The van der Waals surface area contributed by atoms with Crippen molar-refractivity contribution in [3.8, 4) is 5.75 Å². The Morgan fingerprint density at radius 1 is 1.28 bits per heavy atom. The number of benzene rings is 2. The Morgan fingerprint density at radius 2 is 2.03 bits per heavy atom. The molecule has 0 atom stereocenters. The molecular weight excluding hydrogens is 392 g/mol. The van der Waals surface area contributed by atoms with Crippen LogP contribution in [0.2, 0.25) is 0 Å². The summed E-state index contributed by atoms with van der Waals surface area (Å²) in [4.78, 5) is 31.4. The van der Waals surface area contributed by atoms with E-state index < -0.39 is 4.92 Å². The molecule has 0 unspecified atom stereocenters. The number of aromatic nitrogens is 1. The molecule has 0 saturated heterocycles. The molecule has 3 aromatic rings. The number of para-hydroxylation sites is 1. The van der Waals surface area contributed by atoms with Crippen LogP contribution in [0.3, 0.4) is 0 Å². The lowest BCUT2D eigenvalue weighted by Crippen LogP contribution is -3.05. The number of carbonyl (C=O) groups is 1. The average molecular weight is 415 g/mol. The average Bonchev–Trinajstić information content (AvgIpc) is 3.14. The predicted molar refractivity (Wildman–Crippen MR) is 113 cm³/mol. The van der Waals surface area contributed by atoms with Crippen molar-refractivity contribution in [2.45, 2.75) is 6.42 Å². The molecule has 0 bridgehead atoms. The van der Waals surface area contributed by atoms with Gasteiger partial charge in [-0.15, -0.1) is 0 Å². The summed E-state index contributed by atoms with van der Waals surface area (Å²) >= 11 is 1.40. The number of nitrogens with one attached hydrogen (secondary N) is 1. The first-order valence-corrected chi connectivity index (χ1v) is 10.0. The number of rotatable bonds is 8. The van der Waals surface area contributed by atoms with Crippen LogP contribution < -0.4 is 14.5 Å². The number of hydrogen-bond acceptors (Lipinski definition) is 6. The van der Waals surface area contributed by atoms with E-state index in [1.807, 2.05) is 18.2 Å². The van der Waals surface area contributed by atoms with Gasteiger partial charge in [-0.25, -0.2) is 4.98 Å². The third kappa shape index (κ3) is 4.69. The summed E-state index contributed by atoms with van der Waals surface area (Å²) in [5.41, 5.74) is 0.854. The number of ether oxygens (including phenoxy) is 1. The fraction of sp³-hybridized carbons (Fsp3) is 0.300. The van der Waals surface area contributed by atoms with Crippen LogP contribution in [0.4, 0.5) is 10.8 Å². The number of amides is 1. The zero-order chi connectivity index (χ0) is 21.0. The van der Waals surface area contributed by atoms with E-state index in [1.54, 1.807) is 18.1 Å². The first kappa shape index (κ1) is 20.7. The highest BCUT2D eigenvalue weighted by atomic mass is 32.1. The molecule has 0 radical (unpaired) electrons. The van der Waals surface area contributed by atoms with Gasteiger partial charge in [0.05, 0.1) is 37.4 Å². The van der Waals surface area contributed by atoms with E-state index in [4.69, 9.17) is 4.74 Å². The predicted octanol–water partition coefficient (Wildman–Crippen LogP) is 2.39. The lowest BCUT2D eigenvalue weighted by molar-refractivity contribution is -0.858. The summed E-state index contributed by atoms with van der Waals surface area (Å²) in [6.45, 7) is 1.35. The van der Waals surface area contributed by atoms with E-state index >= 15 is 0 Å². The minimum atomic E-state index is -0.501. The number of carbonyl (C=O) groups excluding carboxylic acids is 1. The van der Waals surface area contributed by atoms with Gasteiger partial charge in [0, 0.05) is 30.7 Å². The molecule has 1 amide bonds. The van der Waals surface area contributed by atoms with Gasteiger partial charge in [-0.2, -0.15) is 0 Å². The number of anilines is 1. The highest BCUT2D eigenvalue weighted by Crippen LogP contribution is 2.34. The summed E-state index contributed by atoms with van der Waals surface area (Å²) in [5.74, 6) is 0.339. The number of nitro groups is 1. The highest BCUT2D eigenvalue weighted by Gasteiger charge is 2.23. The first-order valence-electron chi connectivity index (χ1n) is 9.19. The molecule has 29 heavy (non-hydrogen) atoms. The van der Waals surface area contributed by atoms with Gasteiger partial charge in [0.25, 0.3) is 11.6 Å². The van der Waals surface area contributed by atoms with Crippen molar-refractivity contribution in [3.05, 3.63) is 58.1 Å². The number of non-ortho nitro benzene ring substituents is 1. The zero-order valence-electron chi connectivity index (χ0n) is 16.5. The first-order chi connectivity index (χ1) is 13.9. The van der Waals surface area contributed by atoms with Crippen LogP contribution in [0.1, 0.15) is 16.8 Å². The van der Waals surface area contributed by atoms with Crippen molar-refractivity contribution >= 4 is 38.3 Å². The molecule has 3 rings (SSSR count). The summed E-state index contributed by atoms with van der Waals surface area (Å²) < 4.78 is 6.29. The van der Waals surface area contributed by atoms with Crippen molar-refractivity contribution < 1.29 is 19.4 Å². The van der Waals surface area contributed by atoms with Crippen LogP contribution >= 0.6 is 11.3 Å². The number of hydrogen-bond donors (Lipinski definition) is 1. The zero-order valence-corrected chi connectivity index (χ0v) is 17.4. The van der Waals surface area contributed by atoms with Crippen LogP contribution in [0, 0.1) is 10.1 Å². The van der Waals surface area contributed by atoms with Crippen molar-refractivity contribution in [3.63, 3.8) is 0 Å². The second-order valence-electron chi connectivity index (χ2n) is 6.88. The van der Waals surface area contributed by atoms with E-state index in [2.05, 4.69) is 19.1 Å². The molecule has 0 fully saturated rings. The van der Waals surface area contributed by atoms with E-state index in [-0.39, 0.29) is 17.2 Å². The SMILES string of the molecule is COc1cccc2sc(N(CCC[NH+](C)C)C(=O)c3cccc([N+](=O)[O-])c3)nc12. The lowest BCUT2D eigenvalue weighted by Gasteiger charge is -2.20. The largest absolute Gasteiger partial charge is 0.494 e. The molecule has 0 spiro atoms. The molecule has 1 aromatic heterocycles. The fourth-order valence-corrected chi connectivity index (χ4v) is 3.98. The highest BCUT2D eigenvalue weighted by molar-refractivity contribution is 7.22. The van der Waals surface area contributed by atoms with Gasteiger partial charge < -0.3 is 9.64 Å². The number of nitro benzene ring substituents is 1. The van der Waals surface area contributed by atoms with Crippen molar-refractivity contribution in [1.29, 1.82) is 0 Å². The van der Waals surface area contributed by atoms with Crippen LogP contribution in [-0.2, 0) is 0 Å². The Bertz CT molecular complexity index is 1030. The van der Waals surface area contributed by atoms with Gasteiger partial charge in [-0.3, -0.25) is 19.8 Å². The molecule has 1 heterocycles. The molecule has 9 heteroatoms. The third-order valence-electron chi connectivity index (χ3n) is 4.43. The topological polar surface area (TPSA) is 90.0 Å². The Balaban J connectivity index is 1.99. The van der Waals surface area contributed by atoms with Crippen molar-refractivity contribution in [2.24, 2.45) is 0 Å². The second kappa shape index (κ2) is 8.97. The maximum Gasteiger partial charge on any atom is 0.270 e. The van der Waals surface area contributed by atoms with E-state index in [0.29, 0.717) is 22.9 Å². The van der Waals surface area contributed by atoms with Crippen molar-refractivity contribution in [1.82, 2.24) is 4.98 Å².